The van der Waals surface area contributed by atoms with Crippen LogP contribution in [0.2, 0.25) is 0 Å². The molecule has 2 aliphatic heterocycles. The Morgan fingerprint density at radius 2 is 1.89 bits per heavy atom. The molecule has 7 nitrogen and oxygen atoms in total. The van der Waals surface area contributed by atoms with Gasteiger partial charge in [0, 0.05) is 48.0 Å². The molecule has 0 radical (unpaired) electrons. The molecule has 2 aromatic heterocycles. The standard InChI is InChI=1S/C27H28N4O3S/c1-19-6-8-20(9-7-19)24(32)30-14-10-21(11-15-30)27(22-4-2-13-28-18-22)25(33)31(26(34)29-27)16-12-23-5-3-17-35-23/h2-9,13,17-18,21H,10-12,14-16H2,1H3,(H,29,34)/t27-/m0/s1. The summed E-state index contributed by atoms with van der Waals surface area (Å²) in [6.45, 7) is 3.38. The lowest BCUT2D eigenvalue weighted by molar-refractivity contribution is -0.134. The molecule has 2 aliphatic rings. The fourth-order valence-electron chi connectivity index (χ4n) is 5.17. The van der Waals surface area contributed by atoms with Crippen LogP contribution in [-0.2, 0) is 16.8 Å². The Bertz CT molecular complexity index is 1200. The lowest BCUT2D eigenvalue weighted by Crippen LogP contribution is -2.54. The third-order valence-corrected chi connectivity index (χ3v) is 8.04. The summed E-state index contributed by atoms with van der Waals surface area (Å²) in [5, 5.41) is 5.06. The molecule has 4 heterocycles. The molecule has 1 atom stereocenters. The number of hydrogen-bond acceptors (Lipinski definition) is 5. The summed E-state index contributed by atoms with van der Waals surface area (Å²) in [5.74, 6) is -0.370. The number of imide groups is 1. The molecule has 4 amide bonds. The summed E-state index contributed by atoms with van der Waals surface area (Å²) in [4.78, 5) is 48.6. The Labute approximate surface area is 208 Å². The average molecular weight is 489 g/mol. The molecule has 0 spiro atoms. The quantitative estimate of drug-likeness (QED) is 0.532. The number of hydrogen-bond donors (Lipinski definition) is 1. The second kappa shape index (κ2) is 9.62. The number of nitrogens with one attached hydrogen (secondary N) is 1. The van der Waals surface area contributed by atoms with Crippen LogP contribution in [-0.4, -0.2) is 52.3 Å². The van der Waals surface area contributed by atoms with Gasteiger partial charge in [0.25, 0.3) is 11.8 Å². The third kappa shape index (κ3) is 4.34. The van der Waals surface area contributed by atoms with E-state index < -0.39 is 5.54 Å². The zero-order valence-corrected chi connectivity index (χ0v) is 20.5. The van der Waals surface area contributed by atoms with Crippen molar-refractivity contribution >= 4 is 29.2 Å². The molecule has 8 heteroatoms. The van der Waals surface area contributed by atoms with Crippen molar-refractivity contribution in [2.75, 3.05) is 19.6 Å². The van der Waals surface area contributed by atoms with Crippen molar-refractivity contribution in [1.82, 2.24) is 20.1 Å². The number of aryl methyl sites for hydroxylation is 1. The zero-order chi connectivity index (χ0) is 24.4. The second-order valence-electron chi connectivity index (χ2n) is 9.20. The van der Waals surface area contributed by atoms with Gasteiger partial charge in [-0.15, -0.1) is 11.3 Å². The van der Waals surface area contributed by atoms with E-state index in [0.717, 1.165) is 10.4 Å². The first kappa shape index (κ1) is 23.2. The maximum atomic E-state index is 13.9. The van der Waals surface area contributed by atoms with Crippen molar-refractivity contribution in [2.45, 2.75) is 31.7 Å². The first-order valence-electron chi connectivity index (χ1n) is 11.9. The summed E-state index contributed by atoms with van der Waals surface area (Å²) in [6, 6.07) is 14.9. The van der Waals surface area contributed by atoms with E-state index in [-0.39, 0.29) is 23.8 Å². The molecular weight excluding hydrogens is 460 g/mol. The minimum absolute atomic E-state index is 0.00163. The normalized spacial score (nSPS) is 20.8. The summed E-state index contributed by atoms with van der Waals surface area (Å²) >= 11 is 1.62. The van der Waals surface area contributed by atoms with Gasteiger partial charge in [0.05, 0.1) is 0 Å². The molecule has 1 N–H and O–H groups in total. The summed E-state index contributed by atoms with van der Waals surface area (Å²) in [6.07, 6.45) is 5.18. The van der Waals surface area contributed by atoms with Crippen LogP contribution in [0.4, 0.5) is 4.79 Å². The molecule has 0 bridgehead atoms. The Morgan fingerprint density at radius 1 is 1.11 bits per heavy atom. The van der Waals surface area contributed by atoms with Gasteiger partial charge < -0.3 is 10.2 Å². The van der Waals surface area contributed by atoms with Gasteiger partial charge in [-0.25, -0.2) is 4.79 Å². The average Bonchev–Trinajstić information content (AvgIpc) is 3.50. The van der Waals surface area contributed by atoms with Crippen LogP contribution >= 0.6 is 11.3 Å². The number of rotatable bonds is 6. The maximum absolute atomic E-state index is 13.9. The fourth-order valence-corrected chi connectivity index (χ4v) is 5.87. The van der Waals surface area contributed by atoms with Gasteiger partial charge in [0.15, 0.2) is 5.54 Å². The third-order valence-electron chi connectivity index (χ3n) is 7.10. The Kier molecular flexibility index (Phi) is 6.38. The van der Waals surface area contributed by atoms with Crippen LogP contribution in [0.5, 0.6) is 0 Å². The van der Waals surface area contributed by atoms with Gasteiger partial charge >= 0.3 is 6.03 Å². The molecule has 5 rings (SSSR count). The number of piperidine rings is 1. The molecule has 3 aromatic rings. The Morgan fingerprint density at radius 3 is 2.54 bits per heavy atom. The van der Waals surface area contributed by atoms with E-state index in [1.165, 1.54) is 4.90 Å². The van der Waals surface area contributed by atoms with E-state index in [9.17, 15) is 14.4 Å². The SMILES string of the molecule is Cc1ccc(C(=O)N2CCC([C@@]3(c4cccnc4)NC(=O)N(CCc4cccs4)C3=O)CC2)cc1. The Balaban J connectivity index is 1.36. The van der Waals surface area contributed by atoms with Gasteiger partial charge in [-0.1, -0.05) is 29.8 Å². The Hall–Kier alpha value is -3.52. The van der Waals surface area contributed by atoms with Crippen molar-refractivity contribution in [3.63, 3.8) is 0 Å². The zero-order valence-electron chi connectivity index (χ0n) is 19.6. The number of nitrogens with zero attached hydrogens (tertiary/aromatic N) is 3. The lowest BCUT2D eigenvalue weighted by Gasteiger charge is -2.41. The van der Waals surface area contributed by atoms with Crippen LogP contribution in [0.15, 0.2) is 66.3 Å². The highest BCUT2D eigenvalue weighted by Gasteiger charge is 2.57. The summed E-state index contributed by atoms with van der Waals surface area (Å²) in [7, 11) is 0. The smallest absolute Gasteiger partial charge is 0.325 e. The maximum Gasteiger partial charge on any atom is 0.325 e. The number of pyridine rings is 1. The predicted molar refractivity (Wildman–Crippen MR) is 134 cm³/mol. The highest BCUT2D eigenvalue weighted by atomic mass is 32.1. The molecule has 2 saturated heterocycles. The van der Waals surface area contributed by atoms with Crippen molar-refractivity contribution in [3.8, 4) is 0 Å². The van der Waals surface area contributed by atoms with Crippen LogP contribution in [0, 0.1) is 12.8 Å². The van der Waals surface area contributed by atoms with Crippen molar-refractivity contribution in [1.29, 1.82) is 0 Å². The van der Waals surface area contributed by atoms with Gasteiger partial charge in [-0.3, -0.25) is 19.5 Å². The van der Waals surface area contributed by atoms with E-state index >= 15 is 0 Å². The van der Waals surface area contributed by atoms with Gasteiger partial charge in [0.1, 0.15) is 0 Å². The molecular formula is C27H28N4O3S. The number of carbonyl (C=O) groups excluding carboxylic acids is 3. The largest absolute Gasteiger partial charge is 0.339 e. The monoisotopic (exact) mass is 488 g/mol. The summed E-state index contributed by atoms with van der Waals surface area (Å²) < 4.78 is 0. The highest BCUT2D eigenvalue weighted by molar-refractivity contribution is 7.09. The molecule has 180 valence electrons. The summed E-state index contributed by atoms with van der Waals surface area (Å²) in [5.41, 5.74) is 1.30. The molecule has 0 aliphatic carbocycles. The number of aromatic nitrogens is 1. The fraction of sp³-hybridized carbons (Fsp3) is 0.333. The first-order chi connectivity index (χ1) is 17.0. The van der Waals surface area contributed by atoms with Gasteiger partial charge in [-0.2, -0.15) is 0 Å². The predicted octanol–water partition coefficient (Wildman–Crippen LogP) is 3.99. The van der Waals surface area contributed by atoms with E-state index in [1.807, 2.05) is 59.7 Å². The minimum atomic E-state index is -1.17. The molecule has 35 heavy (non-hydrogen) atoms. The number of amides is 4. The van der Waals surface area contributed by atoms with E-state index in [0.29, 0.717) is 50.0 Å². The number of carbonyl (C=O) groups is 3. The number of thiophene rings is 1. The minimum Gasteiger partial charge on any atom is -0.339 e. The topological polar surface area (TPSA) is 82.6 Å². The second-order valence-corrected chi connectivity index (χ2v) is 10.2. The van der Waals surface area contributed by atoms with Crippen molar-refractivity contribution in [2.24, 2.45) is 5.92 Å². The van der Waals surface area contributed by atoms with Crippen LogP contribution < -0.4 is 5.32 Å². The van der Waals surface area contributed by atoms with E-state index in [1.54, 1.807) is 29.8 Å². The lowest BCUT2D eigenvalue weighted by atomic mass is 9.73. The molecule has 0 saturated carbocycles. The first-order valence-corrected chi connectivity index (χ1v) is 12.8. The van der Waals surface area contributed by atoms with Crippen molar-refractivity contribution < 1.29 is 14.4 Å². The molecule has 0 unspecified atom stereocenters. The van der Waals surface area contributed by atoms with E-state index in [4.69, 9.17) is 0 Å². The van der Waals surface area contributed by atoms with Gasteiger partial charge in [-0.05, 0) is 61.7 Å². The van der Waals surface area contributed by atoms with Crippen LogP contribution in [0.1, 0.15) is 39.2 Å². The van der Waals surface area contributed by atoms with Crippen molar-refractivity contribution in [3.05, 3.63) is 87.9 Å². The van der Waals surface area contributed by atoms with Gasteiger partial charge in [0.2, 0.25) is 0 Å². The molecule has 2 fully saturated rings. The van der Waals surface area contributed by atoms with Crippen LogP contribution in [0.3, 0.4) is 0 Å². The molecule has 1 aromatic carbocycles. The number of urea groups is 1. The van der Waals surface area contributed by atoms with E-state index in [2.05, 4.69) is 10.3 Å². The van der Waals surface area contributed by atoms with Crippen LogP contribution in [0.25, 0.3) is 0 Å². The highest BCUT2D eigenvalue weighted by Crippen LogP contribution is 2.41. The number of likely N-dealkylation sites (tertiary alicyclic amines) is 1. The number of benzene rings is 1.